The first-order valence-electron chi connectivity index (χ1n) is 13.3. The van der Waals surface area contributed by atoms with E-state index in [-0.39, 0.29) is 18.6 Å². The topological polar surface area (TPSA) is 77.5 Å². The molecule has 206 valence electrons. The highest BCUT2D eigenvalue weighted by Gasteiger charge is 2.47. The molecule has 0 saturated carbocycles. The second-order valence-corrected chi connectivity index (χ2v) is 10.9. The quantitative estimate of drug-likeness (QED) is 0.472. The Labute approximate surface area is 225 Å². The lowest BCUT2D eigenvalue weighted by Crippen LogP contribution is -2.57. The van der Waals surface area contributed by atoms with Crippen LogP contribution in [0.5, 0.6) is 11.5 Å². The average Bonchev–Trinajstić information content (AvgIpc) is 2.89. The third-order valence-corrected chi connectivity index (χ3v) is 7.29. The number of hydrogen-bond acceptors (Lipinski definition) is 7. The second kappa shape index (κ2) is 11.6. The van der Waals surface area contributed by atoms with Gasteiger partial charge in [0, 0.05) is 25.7 Å². The van der Waals surface area contributed by atoms with Gasteiger partial charge in [-0.05, 0) is 69.4 Å². The number of amides is 1. The Hall–Kier alpha value is -3.26. The van der Waals surface area contributed by atoms with E-state index >= 15 is 0 Å². The lowest BCUT2D eigenvalue weighted by molar-refractivity contribution is -0.154. The Bertz CT molecular complexity index is 1130. The Kier molecular flexibility index (Phi) is 8.51. The SMILES string of the molecule is CCOC(=O)C1CN2CCc3cc(OC)c(OC)cc3C2CC1N(Cc1ccccc1)C(=O)OC(C)(C)C. The second-order valence-electron chi connectivity index (χ2n) is 10.9. The van der Waals surface area contributed by atoms with Gasteiger partial charge in [0.2, 0.25) is 0 Å². The van der Waals surface area contributed by atoms with Crippen LogP contribution in [-0.4, -0.2) is 67.4 Å². The van der Waals surface area contributed by atoms with Crippen LogP contribution in [0.15, 0.2) is 42.5 Å². The maximum atomic E-state index is 13.7. The molecule has 0 radical (unpaired) electrons. The van der Waals surface area contributed by atoms with E-state index in [1.807, 2.05) is 70.2 Å². The van der Waals surface area contributed by atoms with Crippen molar-refractivity contribution in [1.29, 1.82) is 0 Å². The summed E-state index contributed by atoms with van der Waals surface area (Å²) in [5, 5.41) is 0. The molecule has 2 aliphatic heterocycles. The van der Waals surface area contributed by atoms with E-state index in [0.717, 1.165) is 24.1 Å². The minimum Gasteiger partial charge on any atom is -0.493 e. The Morgan fingerprint density at radius 1 is 1.05 bits per heavy atom. The monoisotopic (exact) mass is 524 g/mol. The standard InChI is InChI=1S/C30H40N2O6/c1-7-37-28(33)23-19-31-14-13-21-15-26(35-5)27(36-6)16-22(21)24(31)17-25(23)32(29(34)38-30(2,3)4)18-20-11-9-8-10-12-20/h8-12,15-16,23-25H,7,13-14,17-19H2,1-6H3. The van der Waals surface area contributed by atoms with Crippen LogP contribution in [0.25, 0.3) is 0 Å². The zero-order valence-corrected chi connectivity index (χ0v) is 23.4. The largest absolute Gasteiger partial charge is 0.493 e. The van der Waals surface area contributed by atoms with Gasteiger partial charge in [-0.15, -0.1) is 0 Å². The maximum absolute atomic E-state index is 13.7. The minimum atomic E-state index is -0.673. The zero-order chi connectivity index (χ0) is 27.4. The molecule has 0 aromatic heterocycles. The van der Waals surface area contributed by atoms with Crippen molar-refractivity contribution in [2.45, 2.75) is 64.8 Å². The van der Waals surface area contributed by atoms with E-state index in [2.05, 4.69) is 4.90 Å². The van der Waals surface area contributed by atoms with Gasteiger partial charge in [-0.2, -0.15) is 0 Å². The molecule has 0 N–H and O–H groups in total. The van der Waals surface area contributed by atoms with Crippen LogP contribution in [0, 0.1) is 5.92 Å². The van der Waals surface area contributed by atoms with Crippen molar-refractivity contribution >= 4 is 12.1 Å². The molecule has 1 amide bonds. The fourth-order valence-corrected chi connectivity index (χ4v) is 5.59. The number of ether oxygens (including phenoxy) is 4. The lowest BCUT2D eigenvalue weighted by atomic mass is 9.79. The van der Waals surface area contributed by atoms with Crippen LogP contribution in [-0.2, 0) is 27.2 Å². The Morgan fingerprint density at radius 3 is 2.37 bits per heavy atom. The van der Waals surface area contributed by atoms with Gasteiger partial charge in [0.05, 0.1) is 32.8 Å². The predicted octanol–water partition coefficient (Wildman–Crippen LogP) is 4.99. The number of carbonyl (C=O) groups is 2. The number of esters is 1. The van der Waals surface area contributed by atoms with Crippen molar-refractivity contribution in [1.82, 2.24) is 9.80 Å². The highest BCUT2D eigenvalue weighted by atomic mass is 16.6. The van der Waals surface area contributed by atoms with Gasteiger partial charge in [0.15, 0.2) is 11.5 Å². The summed E-state index contributed by atoms with van der Waals surface area (Å²) in [6.07, 6.45) is 0.974. The summed E-state index contributed by atoms with van der Waals surface area (Å²) in [5.74, 6) is 0.598. The van der Waals surface area contributed by atoms with Crippen LogP contribution in [0.1, 0.15) is 56.8 Å². The summed E-state index contributed by atoms with van der Waals surface area (Å²) in [4.78, 5) is 31.1. The maximum Gasteiger partial charge on any atom is 0.410 e. The molecule has 2 aliphatic rings. The number of piperidine rings is 1. The molecule has 2 aromatic rings. The van der Waals surface area contributed by atoms with Crippen molar-refractivity contribution in [3.05, 3.63) is 59.2 Å². The van der Waals surface area contributed by atoms with Crippen LogP contribution < -0.4 is 9.47 Å². The number of benzene rings is 2. The molecule has 8 nitrogen and oxygen atoms in total. The van der Waals surface area contributed by atoms with E-state index in [1.54, 1.807) is 19.1 Å². The molecule has 3 unspecified atom stereocenters. The predicted molar refractivity (Wildman–Crippen MR) is 144 cm³/mol. The van der Waals surface area contributed by atoms with Crippen molar-refractivity contribution in [2.24, 2.45) is 5.92 Å². The van der Waals surface area contributed by atoms with Gasteiger partial charge in [-0.25, -0.2) is 4.79 Å². The molecule has 0 spiro atoms. The number of rotatable bonds is 7. The highest BCUT2D eigenvalue weighted by Crippen LogP contribution is 2.44. The van der Waals surface area contributed by atoms with Gasteiger partial charge < -0.3 is 18.9 Å². The van der Waals surface area contributed by atoms with Crippen LogP contribution >= 0.6 is 0 Å². The summed E-state index contributed by atoms with van der Waals surface area (Å²) >= 11 is 0. The number of carbonyl (C=O) groups excluding carboxylic acids is 2. The third kappa shape index (κ3) is 6.07. The molecule has 1 fully saturated rings. The van der Waals surface area contributed by atoms with Crippen molar-refractivity contribution in [3.63, 3.8) is 0 Å². The first-order chi connectivity index (χ1) is 18.1. The smallest absolute Gasteiger partial charge is 0.410 e. The fourth-order valence-electron chi connectivity index (χ4n) is 5.59. The van der Waals surface area contributed by atoms with E-state index in [4.69, 9.17) is 18.9 Å². The minimum absolute atomic E-state index is 0.00921. The molecule has 2 heterocycles. The normalized spacial score (nSPS) is 21.1. The van der Waals surface area contributed by atoms with Crippen molar-refractivity contribution in [2.75, 3.05) is 33.9 Å². The molecular formula is C30H40N2O6. The number of methoxy groups -OCH3 is 2. The summed E-state index contributed by atoms with van der Waals surface area (Å²) in [6.45, 7) is 9.30. The van der Waals surface area contributed by atoms with E-state index in [9.17, 15) is 9.59 Å². The first-order valence-corrected chi connectivity index (χ1v) is 13.3. The van der Waals surface area contributed by atoms with Crippen molar-refractivity contribution in [3.8, 4) is 11.5 Å². The zero-order valence-electron chi connectivity index (χ0n) is 23.4. The molecule has 4 rings (SSSR count). The Balaban J connectivity index is 1.75. The van der Waals surface area contributed by atoms with Crippen LogP contribution in [0.4, 0.5) is 4.79 Å². The molecule has 0 aliphatic carbocycles. The molecular weight excluding hydrogens is 484 g/mol. The number of fused-ring (bicyclic) bond motifs is 3. The van der Waals surface area contributed by atoms with Crippen LogP contribution in [0.3, 0.4) is 0 Å². The third-order valence-electron chi connectivity index (χ3n) is 7.29. The van der Waals surface area contributed by atoms with E-state index in [0.29, 0.717) is 31.0 Å². The summed E-state index contributed by atoms with van der Waals surface area (Å²) in [7, 11) is 3.28. The van der Waals surface area contributed by atoms with Gasteiger partial charge >= 0.3 is 12.1 Å². The molecule has 3 atom stereocenters. The van der Waals surface area contributed by atoms with E-state index in [1.165, 1.54) is 5.56 Å². The average molecular weight is 525 g/mol. The molecule has 38 heavy (non-hydrogen) atoms. The summed E-state index contributed by atoms with van der Waals surface area (Å²) in [5.41, 5.74) is 2.64. The number of nitrogens with zero attached hydrogens (tertiary/aromatic N) is 2. The first kappa shape index (κ1) is 27.8. The van der Waals surface area contributed by atoms with Crippen LogP contribution in [0.2, 0.25) is 0 Å². The van der Waals surface area contributed by atoms with Gasteiger partial charge in [0.25, 0.3) is 0 Å². The van der Waals surface area contributed by atoms with Crippen molar-refractivity contribution < 1.29 is 28.5 Å². The molecule has 1 saturated heterocycles. The number of hydrogen-bond donors (Lipinski definition) is 0. The molecule has 2 aromatic carbocycles. The summed E-state index contributed by atoms with van der Waals surface area (Å²) < 4.78 is 22.6. The summed E-state index contributed by atoms with van der Waals surface area (Å²) in [6, 6.07) is 13.5. The van der Waals surface area contributed by atoms with Gasteiger partial charge in [0.1, 0.15) is 5.60 Å². The molecule has 0 bridgehead atoms. The van der Waals surface area contributed by atoms with Gasteiger partial charge in [-0.1, -0.05) is 30.3 Å². The molecule has 8 heteroatoms. The van der Waals surface area contributed by atoms with E-state index < -0.39 is 23.7 Å². The lowest BCUT2D eigenvalue weighted by Gasteiger charge is -2.49. The van der Waals surface area contributed by atoms with Gasteiger partial charge in [-0.3, -0.25) is 14.6 Å². The fraction of sp³-hybridized carbons (Fsp3) is 0.533. The highest BCUT2D eigenvalue weighted by molar-refractivity contribution is 5.76. The Morgan fingerprint density at radius 2 is 1.74 bits per heavy atom.